The lowest BCUT2D eigenvalue weighted by molar-refractivity contribution is -0.135. The minimum absolute atomic E-state index is 0.117. The molecule has 4 heteroatoms. The van der Waals surface area contributed by atoms with E-state index in [-0.39, 0.29) is 11.9 Å². The van der Waals surface area contributed by atoms with Crippen LogP contribution >= 0.6 is 0 Å². The van der Waals surface area contributed by atoms with Gasteiger partial charge in [-0.2, -0.15) is 0 Å². The molecule has 0 saturated carbocycles. The van der Waals surface area contributed by atoms with Gasteiger partial charge in [-0.3, -0.25) is 4.79 Å². The molecule has 3 aromatic carbocycles. The topological polar surface area (TPSA) is 46.6 Å². The van der Waals surface area contributed by atoms with Crippen molar-refractivity contribution in [2.24, 2.45) is 0 Å². The number of rotatable bonds is 15. The van der Waals surface area contributed by atoms with Crippen LogP contribution in [-0.2, 0) is 33.8 Å². The summed E-state index contributed by atoms with van der Waals surface area (Å²) in [7, 11) is 1.36. The van der Waals surface area contributed by atoms with Crippen LogP contribution in [0.2, 0.25) is 0 Å². The van der Waals surface area contributed by atoms with Crippen LogP contribution < -0.4 is 0 Å². The smallest absolute Gasteiger partial charge is 0.330 e. The molecule has 0 fully saturated rings. The fourth-order valence-electron chi connectivity index (χ4n) is 4.55. The number of esters is 1. The minimum Gasteiger partial charge on any atom is -0.466 e. The summed E-state index contributed by atoms with van der Waals surface area (Å²) in [5.74, 6) is 6.33. The summed E-state index contributed by atoms with van der Waals surface area (Å²) in [5, 5.41) is 0. The second-order valence-electron chi connectivity index (χ2n) is 10.3. The lowest BCUT2D eigenvalue weighted by Crippen LogP contribution is -2.30. The summed E-state index contributed by atoms with van der Waals surface area (Å²) in [6, 6.07) is 26.3. The first kappa shape index (κ1) is 31.4. The van der Waals surface area contributed by atoms with Crippen LogP contribution in [0.25, 0.3) is 6.08 Å². The zero-order chi connectivity index (χ0) is 29.1. The van der Waals surface area contributed by atoms with Crippen molar-refractivity contribution in [2.45, 2.75) is 77.8 Å². The van der Waals surface area contributed by atoms with Gasteiger partial charge in [0.25, 0.3) is 0 Å². The molecule has 0 radical (unpaired) electrons. The van der Waals surface area contributed by atoms with Crippen molar-refractivity contribution in [3.63, 3.8) is 0 Å². The van der Waals surface area contributed by atoms with E-state index in [0.29, 0.717) is 25.9 Å². The number of ether oxygens (including phenoxy) is 1. The number of amides is 1. The van der Waals surface area contributed by atoms with Crippen molar-refractivity contribution < 1.29 is 14.3 Å². The molecule has 0 aliphatic carbocycles. The maximum absolute atomic E-state index is 13.4. The van der Waals surface area contributed by atoms with Crippen molar-refractivity contribution in [3.8, 4) is 11.8 Å². The fraction of sp³-hybridized carbons (Fsp3) is 0.351. The molecule has 0 atom stereocenters. The van der Waals surface area contributed by atoms with E-state index in [1.807, 2.05) is 47.4 Å². The SMILES string of the molecule is CCCCCCCCC#Cc1ccc(CN(Cc2ccc(/C=C/C(=O)OC)cc2)C(=O)CCc2ccccc2)cc1. The number of aryl methyl sites for hydroxylation is 1. The number of carbonyl (C=O) groups is 2. The van der Waals surface area contributed by atoms with E-state index in [1.165, 1.54) is 45.3 Å². The van der Waals surface area contributed by atoms with E-state index in [9.17, 15) is 9.59 Å². The van der Waals surface area contributed by atoms with Crippen LogP contribution in [-0.4, -0.2) is 23.9 Å². The Morgan fingerprint density at radius 1 is 0.780 bits per heavy atom. The molecular weight excluding hydrogens is 506 g/mol. The summed E-state index contributed by atoms with van der Waals surface area (Å²) in [4.78, 5) is 26.7. The van der Waals surface area contributed by atoms with Crippen molar-refractivity contribution in [3.05, 3.63) is 113 Å². The molecule has 0 unspecified atom stereocenters. The Balaban J connectivity index is 1.62. The molecule has 0 heterocycles. The molecule has 0 aliphatic rings. The van der Waals surface area contributed by atoms with Gasteiger partial charge in [0.05, 0.1) is 7.11 Å². The summed E-state index contributed by atoms with van der Waals surface area (Å²) < 4.78 is 4.66. The first-order valence-corrected chi connectivity index (χ1v) is 14.8. The summed E-state index contributed by atoms with van der Waals surface area (Å²) in [6.07, 6.45) is 12.9. The van der Waals surface area contributed by atoms with E-state index in [0.717, 1.165) is 40.7 Å². The van der Waals surface area contributed by atoms with E-state index >= 15 is 0 Å². The second kappa shape index (κ2) is 18.3. The van der Waals surface area contributed by atoms with Gasteiger partial charge in [0, 0.05) is 37.6 Å². The molecule has 3 aromatic rings. The second-order valence-corrected chi connectivity index (χ2v) is 10.3. The van der Waals surface area contributed by atoms with Crippen LogP contribution in [0.4, 0.5) is 0 Å². The average molecular weight is 550 g/mol. The number of carbonyl (C=O) groups excluding carboxylic acids is 2. The number of hydrogen-bond acceptors (Lipinski definition) is 3. The minimum atomic E-state index is -0.390. The van der Waals surface area contributed by atoms with Crippen LogP contribution in [0, 0.1) is 11.8 Å². The Labute approximate surface area is 246 Å². The molecular formula is C37H43NO3. The molecule has 0 spiro atoms. The van der Waals surface area contributed by atoms with E-state index < -0.39 is 0 Å². The Morgan fingerprint density at radius 2 is 1.41 bits per heavy atom. The highest BCUT2D eigenvalue weighted by molar-refractivity contribution is 5.86. The standard InChI is InChI=1S/C37H43NO3/c1-3-4-5-6-7-8-9-11-16-32-17-21-34(22-18-32)29-38(36(39)27-25-31-14-12-10-13-15-31)30-35-23-19-33(20-24-35)26-28-37(40)41-2/h10,12-15,17-24,26,28H,3-9,25,27,29-30H2,1-2H3/b28-26+. The molecule has 3 rings (SSSR count). The zero-order valence-corrected chi connectivity index (χ0v) is 24.6. The predicted octanol–water partition coefficient (Wildman–Crippen LogP) is 8.14. The van der Waals surface area contributed by atoms with Crippen molar-refractivity contribution in [2.75, 3.05) is 7.11 Å². The first-order valence-electron chi connectivity index (χ1n) is 14.8. The Kier molecular flexibility index (Phi) is 14.0. The third-order valence-corrected chi connectivity index (χ3v) is 7.00. The van der Waals surface area contributed by atoms with Crippen LogP contribution in [0.5, 0.6) is 0 Å². The summed E-state index contributed by atoms with van der Waals surface area (Å²) in [6.45, 7) is 3.28. The normalized spacial score (nSPS) is 10.7. The van der Waals surface area contributed by atoms with Gasteiger partial charge in [0.2, 0.25) is 5.91 Å². The third-order valence-electron chi connectivity index (χ3n) is 7.00. The number of hydrogen-bond donors (Lipinski definition) is 0. The highest BCUT2D eigenvalue weighted by atomic mass is 16.5. The van der Waals surface area contributed by atoms with Crippen molar-refractivity contribution in [1.29, 1.82) is 0 Å². The van der Waals surface area contributed by atoms with Gasteiger partial charge in [-0.1, -0.05) is 118 Å². The predicted molar refractivity (Wildman–Crippen MR) is 168 cm³/mol. The van der Waals surface area contributed by atoms with Gasteiger partial charge < -0.3 is 9.64 Å². The average Bonchev–Trinajstić information content (AvgIpc) is 3.01. The van der Waals surface area contributed by atoms with Crippen LogP contribution in [0.3, 0.4) is 0 Å². The molecule has 4 nitrogen and oxygen atoms in total. The van der Waals surface area contributed by atoms with Gasteiger partial charge in [-0.05, 0) is 53.3 Å². The van der Waals surface area contributed by atoms with Gasteiger partial charge in [-0.25, -0.2) is 4.79 Å². The zero-order valence-electron chi connectivity index (χ0n) is 24.6. The highest BCUT2D eigenvalue weighted by Gasteiger charge is 2.15. The van der Waals surface area contributed by atoms with Gasteiger partial charge in [-0.15, -0.1) is 0 Å². The maximum atomic E-state index is 13.4. The van der Waals surface area contributed by atoms with Crippen LogP contribution in [0.1, 0.15) is 86.1 Å². The molecule has 0 saturated heterocycles. The van der Waals surface area contributed by atoms with E-state index in [1.54, 1.807) is 6.08 Å². The molecule has 0 aliphatic heterocycles. The summed E-state index contributed by atoms with van der Waals surface area (Å²) >= 11 is 0. The largest absolute Gasteiger partial charge is 0.466 e. The quantitative estimate of drug-likeness (QED) is 0.0832. The highest BCUT2D eigenvalue weighted by Crippen LogP contribution is 2.16. The first-order chi connectivity index (χ1) is 20.1. The number of methoxy groups -OCH3 is 1. The molecule has 41 heavy (non-hydrogen) atoms. The summed E-state index contributed by atoms with van der Waals surface area (Å²) in [5.41, 5.74) is 5.18. The maximum Gasteiger partial charge on any atom is 0.330 e. The number of nitrogens with zero attached hydrogens (tertiary/aromatic N) is 1. The van der Waals surface area contributed by atoms with Gasteiger partial charge in [0.15, 0.2) is 0 Å². The van der Waals surface area contributed by atoms with E-state index in [4.69, 9.17) is 0 Å². The molecule has 0 N–H and O–H groups in total. The Bertz CT molecular complexity index is 1280. The molecule has 0 bridgehead atoms. The molecule has 214 valence electrons. The lowest BCUT2D eigenvalue weighted by atomic mass is 10.1. The van der Waals surface area contributed by atoms with Gasteiger partial charge in [0.1, 0.15) is 0 Å². The fourth-order valence-corrected chi connectivity index (χ4v) is 4.55. The Morgan fingerprint density at radius 3 is 2.07 bits per heavy atom. The van der Waals surface area contributed by atoms with E-state index in [2.05, 4.69) is 59.9 Å². The Hall–Kier alpha value is -4.10. The third kappa shape index (κ3) is 12.3. The van der Waals surface area contributed by atoms with Crippen molar-refractivity contribution >= 4 is 18.0 Å². The van der Waals surface area contributed by atoms with Crippen molar-refractivity contribution in [1.82, 2.24) is 4.90 Å². The molecule has 0 aromatic heterocycles. The number of benzene rings is 3. The number of unbranched alkanes of at least 4 members (excludes halogenated alkanes) is 6. The lowest BCUT2D eigenvalue weighted by Gasteiger charge is -2.23. The van der Waals surface area contributed by atoms with Crippen LogP contribution in [0.15, 0.2) is 84.9 Å². The van der Waals surface area contributed by atoms with Gasteiger partial charge >= 0.3 is 5.97 Å². The monoisotopic (exact) mass is 549 g/mol. The molecule has 1 amide bonds.